The Labute approximate surface area is 139 Å². The Bertz CT molecular complexity index is 1040. The third-order valence-electron chi connectivity index (χ3n) is 3.44. The van der Waals surface area contributed by atoms with Gasteiger partial charge in [0.05, 0.1) is 5.56 Å². The number of aromatic amines is 1. The highest BCUT2D eigenvalue weighted by Crippen LogP contribution is 2.25. The molecule has 0 bridgehead atoms. The van der Waals surface area contributed by atoms with Crippen molar-refractivity contribution in [2.24, 2.45) is 0 Å². The predicted molar refractivity (Wildman–Crippen MR) is 88.5 cm³/mol. The Morgan fingerprint density at radius 2 is 1.92 bits per heavy atom. The monoisotopic (exact) mass is 339 g/mol. The molecular formula is C16H10FN5OS. The molecule has 0 aliphatic carbocycles. The van der Waals surface area contributed by atoms with Gasteiger partial charge in [-0.3, -0.25) is 14.9 Å². The number of H-pyrrole nitrogens is 1. The van der Waals surface area contributed by atoms with Crippen molar-refractivity contribution >= 4 is 11.3 Å². The molecule has 0 spiro atoms. The third kappa shape index (κ3) is 2.52. The van der Waals surface area contributed by atoms with Crippen LogP contribution in [0, 0.1) is 5.82 Å². The topological polar surface area (TPSA) is 76.5 Å². The van der Waals surface area contributed by atoms with Gasteiger partial charge in [0, 0.05) is 29.7 Å². The number of nitrogens with zero attached hydrogens (tertiary/aromatic N) is 4. The van der Waals surface area contributed by atoms with Crippen LogP contribution >= 0.6 is 11.3 Å². The first-order valence-corrected chi connectivity index (χ1v) is 7.85. The van der Waals surface area contributed by atoms with Crippen LogP contribution < -0.4 is 5.56 Å². The highest BCUT2D eigenvalue weighted by atomic mass is 32.1. The van der Waals surface area contributed by atoms with Crippen molar-refractivity contribution in [2.45, 2.75) is 0 Å². The van der Waals surface area contributed by atoms with Crippen molar-refractivity contribution in [1.82, 2.24) is 25.0 Å². The number of pyridine rings is 1. The summed E-state index contributed by atoms with van der Waals surface area (Å²) in [7, 11) is 0. The highest BCUT2D eigenvalue weighted by Gasteiger charge is 2.14. The Kier molecular flexibility index (Phi) is 3.51. The smallest absolute Gasteiger partial charge is 0.281 e. The molecule has 4 rings (SSSR count). The summed E-state index contributed by atoms with van der Waals surface area (Å²) in [4.78, 5) is 16.6. The van der Waals surface area contributed by atoms with E-state index in [1.807, 2.05) is 6.07 Å². The number of rotatable bonds is 3. The third-order valence-corrected chi connectivity index (χ3v) is 4.40. The van der Waals surface area contributed by atoms with Gasteiger partial charge in [-0.05, 0) is 30.3 Å². The van der Waals surface area contributed by atoms with Crippen LogP contribution in [0.15, 0.2) is 59.8 Å². The summed E-state index contributed by atoms with van der Waals surface area (Å²) in [6.45, 7) is 0. The lowest BCUT2D eigenvalue weighted by Gasteiger charge is -1.95. The molecule has 0 radical (unpaired) electrons. The molecule has 0 fully saturated rings. The van der Waals surface area contributed by atoms with Crippen LogP contribution in [-0.2, 0) is 0 Å². The van der Waals surface area contributed by atoms with Gasteiger partial charge < -0.3 is 0 Å². The maximum Gasteiger partial charge on any atom is 0.281 e. The van der Waals surface area contributed by atoms with Gasteiger partial charge in [-0.2, -0.15) is 4.68 Å². The van der Waals surface area contributed by atoms with Crippen molar-refractivity contribution in [1.29, 1.82) is 0 Å². The minimum absolute atomic E-state index is 0.232. The van der Waals surface area contributed by atoms with Gasteiger partial charge in [0.15, 0.2) is 0 Å². The first-order chi connectivity index (χ1) is 11.7. The molecular weight excluding hydrogens is 329 g/mol. The van der Waals surface area contributed by atoms with Gasteiger partial charge >= 0.3 is 0 Å². The van der Waals surface area contributed by atoms with E-state index in [-0.39, 0.29) is 11.4 Å². The van der Waals surface area contributed by atoms with Crippen LogP contribution in [0.25, 0.3) is 26.8 Å². The fourth-order valence-corrected chi connectivity index (χ4v) is 3.07. The van der Waals surface area contributed by atoms with Gasteiger partial charge in [0.1, 0.15) is 10.8 Å². The van der Waals surface area contributed by atoms with Gasteiger partial charge in [0.2, 0.25) is 5.13 Å². The second-order valence-corrected chi connectivity index (χ2v) is 5.92. The fraction of sp³-hybridized carbons (Fsp3) is 0. The van der Waals surface area contributed by atoms with E-state index in [1.165, 1.54) is 28.2 Å². The van der Waals surface area contributed by atoms with Crippen molar-refractivity contribution in [2.75, 3.05) is 0 Å². The molecule has 3 heterocycles. The first kappa shape index (κ1) is 14.5. The van der Waals surface area contributed by atoms with E-state index in [2.05, 4.69) is 20.3 Å². The SMILES string of the molecule is O=c1c(-c2cccnc2)c[nH]n1-c1nnc(-c2ccc(F)cc2)s1. The van der Waals surface area contributed by atoms with Gasteiger partial charge in [0.25, 0.3) is 5.56 Å². The average Bonchev–Trinajstić information content (AvgIpc) is 3.23. The Morgan fingerprint density at radius 1 is 1.08 bits per heavy atom. The number of benzene rings is 1. The van der Waals surface area contributed by atoms with Gasteiger partial charge in [-0.1, -0.05) is 17.4 Å². The van der Waals surface area contributed by atoms with Crippen LogP contribution in [-0.4, -0.2) is 25.0 Å². The van der Waals surface area contributed by atoms with Crippen LogP contribution in [0.1, 0.15) is 0 Å². The minimum atomic E-state index is -0.315. The Hall–Kier alpha value is -3.13. The molecule has 3 aromatic heterocycles. The number of hydrogen-bond acceptors (Lipinski definition) is 5. The molecule has 0 aliphatic rings. The van der Waals surface area contributed by atoms with Crippen molar-refractivity contribution in [3.63, 3.8) is 0 Å². The standard InChI is InChI=1S/C16H10FN5OS/c17-12-5-3-10(4-6-12)14-20-21-16(24-14)22-15(23)13(9-19-22)11-2-1-7-18-8-11/h1-9,19H. The summed E-state index contributed by atoms with van der Waals surface area (Å²) in [5.41, 5.74) is 1.74. The summed E-state index contributed by atoms with van der Waals surface area (Å²) in [5.74, 6) is -0.315. The lowest BCUT2D eigenvalue weighted by atomic mass is 10.2. The predicted octanol–water partition coefficient (Wildman–Crippen LogP) is 2.89. The highest BCUT2D eigenvalue weighted by molar-refractivity contribution is 7.17. The van der Waals surface area contributed by atoms with E-state index in [4.69, 9.17) is 0 Å². The second kappa shape index (κ2) is 5.82. The molecule has 8 heteroatoms. The fourth-order valence-electron chi connectivity index (χ4n) is 2.26. The average molecular weight is 339 g/mol. The number of nitrogens with one attached hydrogen (secondary N) is 1. The van der Waals surface area contributed by atoms with E-state index in [0.717, 1.165) is 11.1 Å². The van der Waals surface area contributed by atoms with E-state index in [1.54, 1.807) is 36.8 Å². The zero-order valence-corrected chi connectivity index (χ0v) is 13.0. The first-order valence-electron chi connectivity index (χ1n) is 7.03. The van der Waals surface area contributed by atoms with Crippen LogP contribution in [0.2, 0.25) is 0 Å². The molecule has 0 unspecified atom stereocenters. The molecule has 0 atom stereocenters. The summed E-state index contributed by atoms with van der Waals surface area (Å²) in [6, 6.07) is 9.54. The molecule has 0 amide bonds. The largest absolute Gasteiger partial charge is 0.295 e. The summed E-state index contributed by atoms with van der Waals surface area (Å²) in [6.07, 6.45) is 4.88. The number of aromatic nitrogens is 5. The van der Waals surface area contributed by atoms with E-state index in [0.29, 0.717) is 15.7 Å². The molecule has 1 N–H and O–H groups in total. The normalized spacial score (nSPS) is 10.9. The lowest BCUT2D eigenvalue weighted by Crippen LogP contribution is -2.15. The van der Waals surface area contributed by atoms with Crippen LogP contribution in [0.5, 0.6) is 0 Å². The lowest BCUT2D eigenvalue weighted by molar-refractivity contribution is 0.628. The van der Waals surface area contributed by atoms with Crippen LogP contribution in [0.3, 0.4) is 0 Å². The summed E-state index contributed by atoms with van der Waals surface area (Å²) in [5, 5.41) is 12.0. The number of halogens is 1. The maximum absolute atomic E-state index is 13.0. The zero-order chi connectivity index (χ0) is 16.5. The Morgan fingerprint density at radius 3 is 2.67 bits per heavy atom. The van der Waals surface area contributed by atoms with Gasteiger partial charge in [-0.15, -0.1) is 10.2 Å². The van der Waals surface area contributed by atoms with Gasteiger partial charge in [-0.25, -0.2) is 4.39 Å². The minimum Gasteiger partial charge on any atom is -0.295 e. The Balaban J connectivity index is 1.72. The van der Waals surface area contributed by atoms with Crippen molar-refractivity contribution < 1.29 is 4.39 Å². The molecule has 0 saturated heterocycles. The number of hydrogen-bond donors (Lipinski definition) is 1. The van der Waals surface area contributed by atoms with Crippen molar-refractivity contribution in [3.05, 3.63) is 71.2 Å². The van der Waals surface area contributed by atoms with Crippen molar-refractivity contribution in [3.8, 4) is 26.8 Å². The zero-order valence-electron chi connectivity index (χ0n) is 12.2. The second-order valence-electron chi connectivity index (χ2n) is 4.97. The quantitative estimate of drug-likeness (QED) is 0.623. The molecule has 4 aromatic rings. The van der Waals surface area contributed by atoms with E-state index < -0.39 is 0 Å². The molecule has 1 aromatic carbocycles. The molecule has 118 valence electrons. The molecule has 0 aliphatic heterocycles. The maximum atomic E-state index is 13.0. The molecule has 0 saturated carbocycles. The van der Waals surface area contributed by atoms with E-state index >= 15 is 0 Å². The van der Waals surface area contributed by atoms with Crippen LogP contribution in [0.4, 0.5) is 4.39 Å². The van der Waals surface area contributed by atoms with E-state index in [9.17, 15) is 9.18 Å². The summed E-state index contributed by atoms with van der Waals surface area (Å²) < 4.78 is 14.3. The molecule has 24 heavy (non-hydrogen) atoms. The molecule has 6 nitrogen and oxygen atoms in total. The summed E-state index contributed by atoms with van der Waals surface area (Å²) >= 11 is 1.24.